The third kappa shape index (κ3) is 3.57. The van der Waals surface area contributed by atoms with E-state index < -0.39 is 0 Å². The maximum atomic E-state index is 12.9. The van der Waals surface area contributed by atoms with Gasteiger partial charge in [-0.1, -0.05) is 29.8 Å². The minimum absolute atomic E-state index is 0.0734. The summed E-state index contributed by atoms with van der Waals surface area (Å²) in [5.74, 6) is -0.124. The van der Waals surface area contributed by atoms with Crippen LogP contribution < -0.4 is 0 Å². The second kappa shape index (κ2) is 7.15. The van der Waals surface area contributed by atoms with Gasteiger partial charge in [0.1, 0.15) is 6.10 Å². The van der Waals surface area contributed by atoms with E-state index in [9.17, 15) is 4.79 Å². The Bertz CT molecular complexity index is 660. The molecule has 3 rings (SSSR count). The molecule has 2 aromatic rings. The van der Waals surface area contributed by atoms with Gasteiger partial charge in [-0.3, -0.25) is 9.89 Å². The van der Waals surface area contributed by atoms with Gasteiger partial charge in [-0.25, -0.2) is 0 Å². The van der Waals surface area contributed by atoms with Crippen molar-refractivity contribution in [3.05, 3.63) is 52.8 Å². The predicted octanol–water partition coefficient (Wildman–Crippen LogP) is 3.19. The van der Waals surface area contributed by atoms with E-state index in [1.165, 1.54) is 0 Å². The molecular formula is C17H20ClN3O2. The van der Waals surface area contributed by atoms with Gasteiger partial charge in [0, 0.05) is 31.4 Å². The van der Waals surface area contributed by atoms with Crippen LogP contribution in [0.4, 0.5) is 0 Å². The summed E-state index contributed by atoms with van der Waals surface area (Å²) in [7, 11) is 1.81. The normalized spacial score (nSPS) is 21.1. The van der Waals surface area contributed by atoms with E-state index in [1.807, 2.05) is 37.4 Å². The van der Waals surface area contributed by atoms with Gasteiger partial charge in [-0.15, -0.1) is 0 Å². The first-order chi connectivity index (χ1) is 11.2. The molecule has 1 fully saturated rings. The number of H-pyrrole nitrogens is 1. The quantitative estimate of drug-likeness (QED) is 0.934. The number of nitrogens with zero attached hydrogens (tertiary/aromatic N) is 2. The molecule has 122 valence electrons. The number of aromatic amines is 1. The Morgan fingerprint density at radius 3 is 3.00 bits per heavy atom. The van der Waals surface area contributed by atoms with Crippen LogP contribution in [0.25, 0.3) is 0 Å². The Labute approximate surface area is 140 Å². The first-order valence-corrected chi connectivity index (χ1v) is 8.14. The summed E-state index contributed by atoms with van der Waals surface area (Å²) in [4.78, 5) is 14.6. The second-order valence-electron chi connectivity index (χ2n) is 5.84. The Balaban J connectivity index is 1.73. The fourth-order valence-corrected chi connectivity index (χ4v) is 3.20. The molecule has 0 spiro atoms. The van der Waals surface area contributed by atoms with E-state index in [1.54, 1.807) is 11.1 Å². The van der Waals surface area contributed by atoms with Crippen molar-refractivity contribution in [3.8, 4) is 0 Å². The lowest BCUT2D eigenvalue weighted by atomic mass is 9.91. The van der Waals surface area contributed by atoms with Gasteiger partial charge in [0.25, 0.3) is 0 Å². The first kappa shape index (κ1) is 16.0. The number of halogens is 1. The van der Waals surface area contributed by atoms with Crippen LogP contribution in [0.2, 0.25) is 5.02 Å². The van der Waals surface area contributed by atoms with Gasteiger partial charge in [0.15, 0.2) is 0 Å². The van der Waals surface area contributed by atoms with Crippen molar-refractivity contribution >= 4 is 17.5 Å². The van der Waals surface area contributed by atoms with Crippen LogP contribution in [0.15, 0.2) is 36.5 Å². The summed E-state index contributed by atoms with van der Waals surface area (Å²) in [5.41, 5.74) is 1.80. The van der Waals surface area contributed by atoms with Gasteiger partial charge < -0.3 is 9.64 Å². The summed E-state index contributed by atoms with van der Waals surface area (Å²) in [5, 5.41) is 7.57. The summed E-state index contributed by atoms with van der Waals surface area (Å²) in [6, 6.07) is 9.46. The molecule has 2 atom stereocenters. The van der Waals surface area contributed by atoms with Gasteiger partial charge in [-0.05, 0) is 30.5 Å². The monoisotopic (exact) mass is 333 g/mol. The van der Waals surface area contributed by atoms with Gasteiger partial charge >= 0.3 is 0 Å². The van der Waals surface area contributed by atoms with Crippen molar-refractivity contribution in [1.29, 1.82) is 0 Å². The van der Waals surface area contributed by atoms with Crippen LogP contribution in [-0.2, 0) is 16.1 Å². The number of carbonyl (C=O) groups is 1. The molecule has 2 heterocycles. The lowest BCUT2D eigenvalue weighted by Gasteiger charge is -2.33. The molecule has 0 aliphatic carbocycles. The number of amides is 1. The van der Waals surface area contributed by atoms with Crippen molar-refractivity contribution in [2.45, 2.75) is 25.5 Å². The predicted molar refractivity (Wildman–Crippen MR) is 87.9 cm³/mol. The number of benzene rings is 1. The molecule has 1 aromatic carbocycles. The molecule has 1 aromatic heterocycles. The number of carbonyl (C=O) groups excluding carboxylic acids is 1. The van der Waals surface area contributed by atoms with Crippen molar-refractivity contribution in [2.75, 3.05) is 13.7 Å². The SMILES string of the molecule is CN(Cc1ccccc1Cl)C(=O)[C@@H]1CCCO[C@H]1c1ccn[nH]1. The van der Waals surface area contributed by atoms with E-state index in [4.69, 9.17) is 16.3 Å². The highest BCUT2D eigenvalue weighted by molar-refractivity contribution is 6.31. The maximum Gasteiger partial charge on any atom is 0.228 e. The zero-order valence-electron chi connectivity index (χ0n) is 13.0. The zero-order valence-corrected chi connectivity index (χ0v) is 13.8. The minimum atomic E-state index is -0.257. The topological polar surface area (TPSA) is 58.2 Å². The number of hydrogen-bond acceptors (Lipinski definition) is 3. The number of hydrogen-bond donors (Lipinski definition) is 1. The number of nitrogens with one attached hydrogen (secondary N) is 1. The van der Waals surface area contributed by atoms with E-state index >= 15 is 0 Å². The molecule has 1 saturated heterocycles. The molecule has 0 radical (unpaired) electrons. The highest BCUT2D eigenvalue weighted by atomic mass is 35.5. The Hall–Kier alpha value is -1.85. The Morgan fingerprint density at radius 1 is 1.43 bits per heavy atom. The van der Waals surface area contributed by atoms with E-state index in [-0.39, 0.29) is 17.9 Å². The van der Waals surface area contributed by atoms with Crippen LogP contribution in [0.5, 0.6) is 0 Å². The maximum absolute atomic E-state index is 12.9. The summed E-state index contributed by atoms with van der Waals surface area (Å²) < 4.78 is 5.84. The summed E-state index contributed by atoms with van der Waals surface area (Å²) >= 11 is 6.19. The summed E-state index contributed by atoms with van der Waals surface area (Å²) in [6.45, 7) is 1.16. The number of rotatable bonds is 4. The lowest BCUT2D eigenvalue weighted by Crippen LogP contribution is -2.38. The molecule has 0 saturated carbocycles. The fourth-order valence-electron chi connectivity index (χ4n) is 3.01. The van der Waals surface area contributed by atoms with Gasteiger partial charge in [0.2, 0.25) is 5.91 Å². The van der Waals surface area contributed by atoms with E-state index in [0.717, 1.165) is 24.1 Å². The van der Waals surface area contributed by atoms with Crippen molar-refractivity contribution < 1.29 is 9.53 Å². The van der Waals surface area contributed by atoms with Crippen molar-refractivity contribution in [1.82, 2.24) is 15.1 Å². The fraction of sp³-hybridized carbons (Fsp3) is 0.412. The minimum Gasteiger partial charge on any atom is -0.371 e. The zero-order chi connectivity index (χ0) is 16.2. The molecule has 1 amide bonds. The van der Waals surface area contributed by atoms with E-state index in [2.05, 4.69) is 10.2 Å². The average molecular weight is 334 g/mol. The van der Waals surface area contributed by atoms with Crippen LogP contribution in [0, 0.1) is 5.92 Å². The summed E-state index contributed by atoms with van der Waals surface area (Å²) in [6.07, 6.45) is 3.13. The first-order valence-electron chi connectivity index (χ1n) is 7.76. The number of ether oxygens (including phenoxy) is 1. The highest BCUT2D eigenvalue weighted by Gasteiger charge is 2.35. The average Bonchev–Trinajstić information content (AvgIpc) is 3.10. The molecule has 1 aliphatic heterocycles. The molecular weight excluding hydrogens is 314 g/mol. The molecule has 23 heavy (non-hydrogen) atoms. The van der Waals surface area contributed by atoms with Gasteiger partial charge in [-0.2, -0.15) is 5.10 Å². The standard InChI is InChI=1S/C17H20ClN3O2/c1-21(11-12-5-2-3-7-14(12)18)17(22)13-6-4-10-23-16(13)15-8-9-19-20-15/h2-3,5,7-9,13,16H,4,6,10-11H2,1H3,(H,19,20)/t13-,16-/m1/s1. The second-order valence-corrected chi connectivity index (χ2v) is 6.25. The third-order valence-electron chi connectivity index (χ3n) is 4.21. The largest absolute Gasteiger partial charge is 0.371 e. The molecule has 1 aliphatic rings. The Kier molecular flexibility index (Phi) is 4.98. The Morgan fingerprint density at radius 2 is 2.26 bits per heavy atom. The van der Waals surface area contributed by atoms with Crippen LogP contribution >= 0.6 is 11.6 Å². The lowest BCUT2D eigenvalue weighted by molar-refractivity contribution is -0.145. The van der Waals surface area contributed by atoms with Crippen molar-refractivity contribution in [2.24, 2.45) is 5.92 Å². The highest BCUT2D eigenvalue weighted by Crippen LogP contribution is 2.34. The molecule has 1 N–H and O–H groups in total. The molecule has 0 bridgehead atoms. The third-order valence-corrected chi connectivity index (χ3v) is 4.58. The molecule has 6 heteroatoms. The molecule has 0 unspecified atom stereocenters. The van der Waals surface area contributed by atoms with Crippen LogP contribution in [0.3, 0.4) is 0 Å². The van der Waals surface area contributed by atoms with Gasteiger partial charge in [0.05, 0.1) is 11.6 Å². The van der Waals surface area contributed by atoms with Crippen LogP contribution in [-0.4, -0.2) is 34.7 Å². The van der Waals surface area contributed by atoms with Crippen LogP contribution in [0.1, 0.15) is 30.2 Å². The smallest absolute Gasteiger partial charge is 0.228 e. The number of aromatic nitrogens is 2. The van der Waals surface area contributed by atoms with Crippen molar-refractivity contribution in [3.63, 3.8) is 0 Å². The van der Waals surface area contributed by atoms with E-state index in [0.29, 0.717) is 18.2 Å². The molecule has 5 nitrogen and oxygen atoms in total.